The van der Waals surface area contributed by atoms with E-state index in [9.17, 15) is 4.79 Å². The highest BCUT2D eigenvalue weighted by Crippen LogP contribution is 2.41. The van der Waals surface area contributed by atoms with E-state index in [2.05, 4.69) is 41.7 Å². The summed E-state index contributed by atoms with van der Waals surface area (Å²) < 4.78 is 0. The molecule has 0 atom stereocenters. The molecule has 1 N–H and O–H groups in total. The number of nitrogens with one attached hydrogen (secondary N) is 1. The number of hydrogen-bond donors (Lipinski definition) is 1. The fraction of sp³-hybridized carbons (Fsp3) is 0.0714. The summed E-state index contributed by atoms with van der Waals surface area (Å²) in [4.78, 5) is 20.1. The van der Waals surface area contributed by atoms with Gasteiger partial charge in [-0.25, -0.2) is 4.99 Å². The highest BCUT2D eigenvalue weighted by Gasteiger charge is 2.19. The van der Waals surface area contributed by atoms with E-state index in [0.29, 0.717) is 12.1 Å². The Morgan fingerprint density at radius 2 is 1.50 bits per heavy atom. The lowest BCUT2D eigenvalue weighted by Crippen LogP contribution is -2.25. The Kier molecular flexibility index (Phi) is 5.86. The van der Waals surface area contributed by atoms with Gasteiger partial charge in [-0.15, -0.1) is 0 Å². The number of nitrogens with zero attached hydrogens (tertiary/aromatic N) is 1. The molecule has 5 rings (SSSR count). The van der Waals surface area contributed by atoms with Crippen molar-refractivity contribution >= 4 is 29.1 Å². The molecule has 0 bridgehead atoms. The van der Waals surface area contributed by atoms with Crippen LogP contribution in [0.15, 0.2) is 118 Å². The zero-order valence-electron chi connectivity index (χ0n) is 17.5. The van der Waals surface area contributed by atoms with Crippen LogP contribution in [0, 0.1) is 0 Å². The second-order valence-electron chi connectivity index (χ2n) is 7.60. The predicted molar refractivity (Wildman–Crippen MR) is 131 cm³/mol. The zero-order chi connectivity index (χ0) is 21.8. The van der Waals surface area contributed by atoms with Gasteiger partial charge in [0.25, 0.3) is 5.91 Å². The van der Waals surface area contributed by atoms with Crippen molar-refractivity contribution in [1.29, 1.82) is 0 Å². The molecule has 0 radical (unpaired) electrons. The van der Waals surface area contributed by atoms with Crippen LogP contribution in [0.4, 0.5) is 5.69 Å². The number of benzene rings is 4. The number of hydrogen-bond acceptors (Lipinski definition) is 3. The lowest BCUT2D eigenvalue weighted by molar-refractivity contribution is 0.0954. The molecule has 0 fully saturated rings. The standard InChI is InChI=1S/C28H22N2OS/c31-28(29-18-17-20-9-3-1-4-10-20)22-15-16-26-24(19-22)30-27(21-11-5-2-6-12-21)23-13-7-8-14-25(23)32-26/h1-16,19H,17-18H2,(H,29,31). The van der Waals surface area contributed by atoms with Crippen LogP contribution in [0.5, 0.6) is 0 Å². The summed E-state index contributed by atoms with van der Waals surface area (Å²) >= 11 is 1.69. The van der Waals surface area contributed by atoms with E-state index >= 15 is 0 Å². The minimum atomic E-state index is -0.0769. The summed E-state index contributed by atoms with van der Waals surface area (Å²) in [6.07, 6.45) is 0.805. The molecule has 1 aliphatic heterocycles. The van der Waals surface area contributed by atoms with Gasteiger partial charge in [0.2, 0.25) is 0 Å². The Bertz CT molecular complexity index is 1280. The maximum absolute atomic E-state index is 12.8. The monoisotopic (exact) mass is 434 g/mol. The van der Waals surface area contributed by atoms with Crippen molar-refractivity contribution in [3.63, 3.8) is 0 Å². The number of amides is 1. The molecule has 0 saturated heterocycles. The van der Waals surface area contributed by atoms with Gasteiger partial charge in [0.05, 0.1) is 11.4 Å². The van der Waals surface area contributed by atoms with Crippen LogP contribution < -0.4 is 5.32 Å². The molecule has 4 heteroatoms. The number of fused-ring (bicyclic) bond motifs is 2. The van der Waals surface area contributed by atoms with E-state index in [1.165, 1.54) is 5.56 Å². The van der Waals surface area contributed by atoms with Gasteiger partial charge in [-0.2, -0.15) is 0 Å². The first-order chi connectivity index (χ1) is 15.8. The number of rotatable bonds is 5. The molecule has 32 heavy (non-hydrogen) atoms. The first-order valence-corrected chi connectivity index (χ1v) is 11.5. The van der Waals surface area contributed by atoms with Gasteiger partial charge < -0.3 is 5.32 Å². The topological polar surface area (TPSA) is 41.5 Å². The molecule has 0 aromatic heterocycles. The largest absolute Gasteiger partial charge is 0.352 e. The van der Waals surface area contributed by atoms with Crippen LogP contribution in [0.3, 0.4) is 0 Å². The Hall–Kier alpha value is -3.63. The zero-order valence-corrected chi connectivity index (χ0v) is 18.3. The summed E-state index contributed by atoms with van der Waals surface area (Å²) in [5.74, 6) is -0.0769. The van der Waals surface area contributed by atoms with Crippen molar-refractivity contribution in [2.75, 3.05) is 6.54 Å². The van der Waals surface area contributed by atoms with Gasteiger partial charge in [0.15, 0.2) is 0 Å². The lowest BCUT2D eigenvalue weighted by atomic mass is 10.0. The van der Waals surface area contributed by atoms with E-state index in [4.69, 9.17) is 4.99 Å². The van der Waals surface area contributed by atoms with Gasteiger partial charge in [-0.3, -0.25) is 4.79 Å². The molecule has 0 spiro atoms. The third-order valence-electron chi connectivity index (χ3n) is 5.40. The number of aliphatic imine (C=N–C) groups is 1. The smallest absolute Gasteiger partial charge is 0.251 e. The molecule has 0 aliphatic carbocycles. The normalized spacial score (nSPS) is 12.2. The van der Waals surface area contributed by atoms with Crippen molar-refractivity contribution in [2.45, 2.75) is 16.2 Å². The molecule has 3 nitrogen and oxygen atoms in total. The molecule has 1 amide bonds. The summed E-state index contributed by atoms with van der Waals surface area (Å²) in [6, 6.07) is 34.5. The summed E-state index contributed by atoms with van der Waals surface area (Å²) in [6.45, 7) is 0.596. The number of carbonyl (C=O) groups excluding carboxylic acids is 1. The first-order valence-electron chi connectivity index (χ1n) is 10.7. The second-order valence-corrected chi connectivity index (χ2v) is 8.68. The minimum Gasteiger partial charge on any atom is -0.352 e. The molecule has 1 heterocycles. The predicted octanol–water partition coefficient (Wildman–Crippen LogP) is 6.29. The van der Waals surface area contributed by atoms with Crippen LogP contribution in [0.25, 0.3) is 0 Å². The van der Waals surface area contributed by atoms with Crippen molar-refractivity contribution in [1.82, 2.24) is 5.32 Å². The fourth-order valence-corrected chi connectivity index (χ4v) is 4.77. The third-order valence-corrected chi connectivity index (χ3v) is 6.55. The van der Waals surface area contributed by atoms with Crippen molar-refractivity contribution < 1.29 is 4.79 Å². The van der Waals surface area contributed by atoms with Crippen molar-refractivity contribution in [3.05, 3.63) is 125 Å². The van der Waals surface area contributed by atoms with E-state index in [-0.39, 0.29) is 5.91 Å². The second kappa shape index (κ2) is 9.25. The van der Waals surface area contributed by atoms with Gasteiger partial charge in [0, 0.05) is 33.0 Å². The van der Waals surface area contributed by atoms with Crippen LogP contribution in [0.1, 0.15) is 27.0 Å². The molecule has 4 aromatic rings. The highest BCUT2D eigenvalue weighted by molar-refractivity contribution is 7.99. The van der Waals surface area contributed by atoms with E-state index < -0.39 is 0 Å². The van der Waals surface area contributed by atoms with Gasteiger partial charge >= 0.3 is 0 Å². The lowest BCUT2D eigenvalue weighted by Gasteiger charge is -2.08. The quantitative estimate of drug-likeness (QED) is 0.353. The Morgan fingerprint density at radius 1 is 0.781 bits per heavy atom. The van der Waals surface area contributed by atoms with Crippen LogP contribution >= 0.6 is 11.8 Å². The molecule has 156 valence electrons. The van der Waals surface area contributed by atoms with E-state index in [0.717, 1.165) is 38.7 Å². The molecular formula is C28H22N2OS. The van der Waals surface area contributed by atoms with E-state index in [1.54, 1.807) is 11.8 Å². The highest BCUT2D eigenvalue weighted by atomic mass is 32.2. The fourth-order valence-electron chi connectivity index (χ4n) is 3.77. The van der Waals surface area contributed by atoms with Crippen LogP contribution in [-0.4, -0.2) is 18.2 Å². The average Bonchev–Trinajstić information content (AvgIpc) is 3.01. The summed E-state index contributed by atoms with van der Waals surface area (Å²) in [7, 11) is 0. The molecule has 0 saturated carbocycles. The van der Waals surface area contributed by atoms with Crippen LogP contribution in [-0.2, 0) is 6.42 Å². The summed E-state index contributed by atoms with van der Waals surface area (Å²) in [5, 5.41) is 3.04. The average molecular weight is 435 g/mol. The van der Waals surface area contributed by atoms with Gasteiger partial charge in [-0.1, -0.05) is 90.6 Å². The minimum absolute atomic E-state index is 0.0769. The molecular weight excluding hydrogens is 412 g/mol. The van der Waals surface area contributed by atoms with E-state index in [1.807, 2.05) is 66.7 Å². The Balaban J connectivity index is 1.44. The Labute approximate surface area is 192 Å². The Morgan fingerprint density at radius 3 is 2.31 bits per heavy atom. The molecule has 0 unspecified atom stereocenters. The summed E-state index contributed by atoms with van der Waals surface area (Å²) in [5.41, 5.74) is 5.75. The van der Waals surface area contributed by atoms with Crippen molar-refractivity contribution in [3.8, 4) is 0 Å². The molecule has 1 aliphatic rings. The SMILES string of the molecule is O=C(NCCc1ccccc1)c1ccc2c(c1)N=C(c1ccccc1)c1ccccc1S2. The van der Waals surface area contributed by atoms with Gasteiger partial charge in [0.1, 0.15) is 0 Å². The third kappa shape index (κ3) is 4.36. The van der Waals surface area contributed by atoms with Gasteiger partial charge in [-0.05, 0) is 36.2 Å². The van der Waals surface area contributed by atoms with Crippen LogP contribution in [0.2, 0.25) is 0 Å². The maximum atomic E-state index is 12.8. The maximum Gasteiger partial charge on any atom is 0.251 e. The number of carbonyl (C=O) groups is 1. The molecule has 4 aromatic carbocycles. The first kappa shape index (κ1) is 20.3. The van der Waals surface area contributed by atoms with Crippen molar-refractivity contribution in [2.24, 2.45) is 4.99 Å².